The SMILES string of the molecule is CCOC(=O)c1c(CCl)n(C)c2ccc3ccccc3c12. The molecule has 0 radical (unpaired) electrons. The van der Waals surface area contributed by atoms with Gasteiger partial charge >= 0.3 is 5.97 Å². The number of carbonyl (C=O) groups excluding carboxylic acids is 1. The van der Waals surface area contributed by atoms with Crippen LogP contribution in [0.4, 0.5) is 0 Å². The van der Waals surface area contributed by atoms with Gasteiger partial charge in [-0.2, -0.15) is 0 Å². The number of nitrogens with zero attached hydrogens (tertiary/aromatic N) is 1. The van der Waals surface area contributed by atoms with Gasteiger partial charge in [0.25, 0.3) is 0 Å². The van der Waals surface area contributed by atoms with Gasteiger partial charge in [-0.1, -0.05) is 30.3 Å². The Morgan fingerprint density at radius 2 is 2.00 bits per heavy atom. The number of hydrogen-bond acceptors (Lipinski definition) is 2. The van der Waals surface area contributed by atoms with E-state index in [9.17, 15) is 4.79 Å². The summed E-state index contributed by atoms with van der Waals surface area (Å²) in [7, 11) is 1.93. The van der Waals surface area contributed by atoms with Gasteiger partial charge in [0.1, 0.15) is 0 Å². The van der Waals surface area contributed by atoms with Gasteiger partial charge in [0.2, 0.25) is 0 Å². The molecule has 0 unspecified atom stereocenters. The molecule has 0 amide bonds. The minimum atomic E-state index is -0.310. The van der Waals surface area contributed by atoms with Gasteiger partial charge in [-0.25, -0.2) is 4.79 Å². The summed E-state index contributed by atoms with van der Waals surface area (Å²) >= 11 is 6.08. The van der Waals surface area contributed by atoms with E-state index in [2.05, 4.69) is 6.07 Å². The van der Waals surface area contributed by atoms with Gasteiger partial charge in [0.15, 0.2) is 0 Å². The molecule has 0 fully saturated rings. The second kappa shape index (κ2) is 5.41. The van der Waals surface area contributed by atoms with Gasteiger partial charge < -0.3 is 9.30 Å². The van der Waals surface area contributed by atoms with Crippen LogP contribution in [0.1, 0.15) is 23.0 Å². The second-order valence-electron chi connectivity index (χ2n) is 4.92. The molecule has 0 saturated carbocycles. The molecule has 2 aromatic carbocycles. The van der Waals surface area contributed by atoms with Crippen molar-refractivity contribution in [3.05, 3.63) is 47.7 Å². The van der Waals surface area contributed by atoms with Crippen molar-refractivity contribution in [2.24, 2.45) is 7.05 Å². The lowest BCUT2D eigenvalue weighted by Crippen LogP contribution is -2.08. The molecule has 3 nitrogen and oxygen atoms in total. The molecule has 0 bridgehead atoms. The molecule has 0 aliphatic rings. The summed E-state index contributed by atoms with van der Waals surface area (Å²) in [6.45, 7) is 2.16. The Bertz CT molecular complexity index is 836. The van der Waals surface area contributed by atoms with Gasteiger partial charge in [-0.3, -0.25) is 0 Å². The normalized spacial score (nSPS) is 11.2. The first-order chi connectivity index (χ1) is 10.2. The van der Waals surface area contributed by atoms with Crippen molar-refractivity contribution in [1.82, 2.24) is 4.57 Å². The fraction of sp³-hybridized carbons (Fsp3) is 0.235. The van der Waals surface area contributed by atoms with E-state index >= 15 is 0 Å². The molecule has 21 heavy (non-hydrogen) atoms. The number of aryl methyl sites for hydroxylation is 1. The molecular weight excluding hydrogens is 286 g/mol. The maximum atomic E-state index is 12.4. The van der Waals surface area contributed by atoms with Crippen molar-refractivity contribution in [3.8, 4) is 0 Å². The molecule has 1 aromatic heterocycles. The summed E-state index contributed by atoms with van der Waals surface area (Å²) in [5.41, 5.74) is 2.37. The summed E-state index contributed by atoms with van der Waals surface area (Å²) in [5, 5.41) is 3.07. The smallest absolute Gasteiger partial charge is 0.340 e. The average Bonchev–Trinajstić information content (AvgIpc) is 2.80. The summed E-state index contributed by atoms with van der Waals surface area (Å²) in [6, 6.07) is 12.1. The average molecular weight is 302 g/mol. The number of rotatable bonds is 3. The standard InChI is InChI=1S/C17H16ClNO2/c1-3-21-17(20)16-14(10-18)19(2)13-9-8-11-6-4-5-7-12(11)15(13)16/h4-9H,3,10H2,1-2H3. The van der Waals surface area contributed by atoms with Crippen LogP contribution in [-0.4, -0.2) is 17.1 Å². The Morgan fingerprint density at radius 1 is 1.24 bits per heavy atom. The monoisotopic (exact) mass is 301 g/mol. The number of benzene rings is 2. The van der Waals surface area contributed by atoms with Crippen LogP contribution in [0.15, 0.2) is 36.4 Å². The molecule has 4 heteroatoms. The van der Waals surface area contributed by atoms with Crippen LogP contribution in [0.5, 0.6) is 0 Å². The van der Waals surface area contributed by atoms with Crippen LogP contribution in [0.25, 0.3) is 21.7 Å². The topological polar surface area (TPSA) is 31.2 Å². The Hall–Kier alpha value is -2.00. The minimum Gasteiger partial charge on any atom is -0.462 e. The molecule has 3 aromatic rings. The first-order valence-electron chi connectivity index (χ1n) is 6.91. The molecule has 3 rings (SSSR count). The maximum Gasteiger partial charge on any atom is 0.340 e. The number of hydrogen-bond donors (Lipinski definition) is 0. The van der Waals surface area contributed by atoms with Crippen molar-refractivity contribution >= 4 is 39.2 Å². The molecule has 0 N–H and O–H groups in total. The summed E-state index contributed by atoms with van der Waals surface area (Å²) in [4.78, 5) is 12.4. The molecular formula is C17H16ClNO2. The number of carbonyl (C=O) groups is 1. The molecule has 0 saturated heterocycles. The number of esters is 1. The van der Waals surface area contributed by atoms with Crippen molar-refractivity contribution in [3.63, 3.8) is 0 Å². The van der Waals surface area contributed by atoms with Gasteiger partial charge in [-0.05, 0) is 23.8 Å². The second-order valence-corrected chi connectivity index (χ2v) is 5.18. The van der Waals surface area contributed by atoms with Crippen LogP contribution in [-0.2, 0) is 17.7 Å². The third-order valence-corrected chi connectivity index (χ3v) is 4.07. The van der Waals surface area contributed by atoms with Crippen LogP contribution in [0.3, 0.4) is 0 Å². The van der Waals surface area contributed by atoms with E-state index in [1.807, 2.05) is 48.9 Å². The van der Waals surface area contributed by atoms with Crippen LogP contribution >= 0.6 is 11.6 Å². The first-order valence-corrected chi connectivity index (χ1v) is 7.44. The summed E-state index contributed by atoms with van der Waals surface area (Å²) < 4.78 is 7.20. The highest BCUT2D eigenvalue weighted by molar-refractivity contribution is 6.21. The molecule has 0 spiro atoms. The van der Waals surface area contributed by atoms with E-state index in [0.29, 0.717) is 12.2 Å². The third-order valence-electron chi connectivity index (χ3n) is 3.82. The Balaban J connectivity index is 2.47. The Kier molecular flexibility index (Phi) is 3.60. The van der Waals surface area contributed by atoms with Crippen LogP contribution in [0.2, 0.25) is 0 Å². The van der Waals surface area contributed by atoms with E-state index in [1.165, 1.54) is 0 Å². The Morgan fingerprint density at radius 3 is 2.71 bits per heavy atom. The van der Waals surface area contributed by atoms with E-state index in [4.69, 9.17) is 16.3 Å². The van der Waals surface area contributed by atoms with Gasteiger partial charge in [0, 0.05) is 23.6 Å². The zero-order chi connectivity index (χ0) is 15.0. The number of fused-ring (bicyclic) bond motifs is 3. The lowest BCUT2D eigenvalue weighted by atomic mass is 10.0. The molecule has 0 atom stereocenters. The lowest BCUT2D eigenvalue weighted by molar-refractivity contribution is 0.0527. The summed E-state index contributed by atoms with van der Waals surface area (Å²) in [6.07, 6.45) is 0. The highest BCUT2D eigenvalue weighted by Gasteiger charge is 2.23. The maximum absolute atomic E-state index is 12.4. The zero-order valence-corrected chi connectivity index (χ0v) is 12.8. The van der Waals surface area contributed by atoms with E-state index < -0.39 is 0 Å². The van der Waals surface area contributed by atoms with Crippen LogP contribution < -0.4 is 0 Å². The van der Waals surface area contributed by atoms with Crippen LogP contribution in [0, 0.1) is 0 Å². The molecule has 0 aliphatic heterocycles. The number of ether oxygens (including phenoxy) is 1. The van der Waals surface area contributed by atoms with E-state index in [1.54, 1.807) is 0 Å². The number of halogens is 1. The first kappa shape index (κ1) is 14.0. The summed E-state index contributed by atoms with van der Waals surface area (Å²) in [5.74, 6) is -0.0386. The van der Waals surface area contributed by atoms with Crippen molar-refractivity contribution in [2.75, 3.05) is 6.61 Å². The highest BCUT2D eigenvalue weighted by atomic mass is 35.5. The van der Waals surface area contributed by atoms with E-state index in [-0.39, 0.29) is 11.8 Å². The zero-order valence-electron chi connectivity index (χ0n) is 12.0. The number of alkyl halides is 1. The van der Waals surface area contributed by atoms with Crippen molar-refractivity contribution in [1.29, 1.82) is 0 Å². The lowest BCUT2D eigenvalue weighted by Gasteiger charge is -2.05. The molecule has 1 heterocycles. The minimum absolute atomic E-state index is 0.271. The number of aromatic nitrogens is 1. The molecule has 108 valence electrons. The van der Waals surface area contributed by atoms with E-state index in [0.717, 1.165) is 27.4 Å². The van der Waals surface area contributed by atoms with Gasteiger partial charge in [0.05, 0.1) is 18.1 Å². The fourth-order valence-corrected chi connectivity index (χ4v) is 3.15. The predicted molar refractivity (Wildman–Crippen MR) is 85.9 cm³/mol. The predicted octanol–water partition coefficient (Wildman–Crippen LogP) is 4.25. The third kappa shape index (κ3) is 2.09. The highest BCUT2D eigenvalue weighted by Crippen LogP contribution is 2.33. The Labute approximate surface area is 128 Å². The van der Waals surface area contributed by atoms with Gasteiger partial charge in [-0.15, -0.1) is 11.6 Å². The largest absolute Gasteiger partial charge is 0.462 e. The quantitative estimate of drug-likeness (QED) is 0.535. The van der Waals surface area contributed by atoms with Crippen molar-refractivity contribution < 1.29 is 9.53 Å². The van der Waals surface area contributed by atoms with Crippen molar-refractivity contribution in [2.45, 2.75) is 12.8 Å². The molecule has 0 aliphatic carbocycles. The fourth-order valence-electron chi connectivity index (χ4n) is 2.84.